The molecule has 2 aromatic heterocycles. The van der Waals surface area contributed by atoms with Gasteiger partial charge in [-0.05, 0) is 42.5 Å². The molecule has 1 aliphatic carbocycles. The number of aromatic nitrogens is 3. The maximum absolute atomic E-state index is 4.31. The molecule has 2 heterocycles. The summed E-state index contributed by atoms with van der Waals surface area (Å²) in [4.78, 5) is 0. The number of nitrogens with zero attached hydrogens (tertiary/aromatic N) is 3. The zero-order valence-corrected chi connectivity index (χ0v) is 13.7. The Labute approximate surface area is 136 Å². The SMILES string of the molecule is Cc1ccc2c(c1)[C@@H](NCCc1nnc3ccccn13)[C@H](C)C2. The van der Waals surface area contributed by atoms with Crippen molar-refractivity contribution in [2.24, 2.45) is 5.92 Å². The largest absolute Gasteiger partial charge is 0.309 e. The van der Waals surface area contributed by atoms with E-state index in [0.29, 0.717) is 12.0 Å². The molecule has 0 aliphatic heterocycles. The molecule has 1 N–H and O–H groups in total. The second-order valence-electron chi connectivity index (χ2n) is 6.61. The van der Waals surface area contributed by atoms with E-state index in [1.54, 1.807) is 0 Å². The zero-order chi connectivity index (χ0) is 15.8. The van der Waals surface area contributed by atoms with E-state index < -0.39 is 0 Å². The monoisotopic (exact) mass is 306 g/mol. The summed E-state index contributed by atoms with van der Waals surface area (Å²) in [7, 11) is 0. The van der Waals surface area contributed by atoms with E-state index in [4.69, 9.17) is 0 Å². The van der Waals surface area contributed by atoms with Crippen molar-refractivity contribution < 1.29 is 0 Å². The summed E-state index contributed by atoms with van der Waals surface area (Å²) in [6.45, 7) is 5.42. The highest BCUT2D eigenvalue weighted by Crippen LogP contribution is 2.36. The highest BCUT2D eigenvalue weighted by molar-refractivity contribution is 5.39. The fraction of sp³-hybridized carbons (Fsp3) is 0.368. The molecule has 4 heteroatoms. The molecule has 1 aromatic carbocycles. The first-order valence-corrected chi connectivity index (χ1v) is 8.34. The van der Waals surface area contributed by atoms with Gasteiger partial charge in [0.2, 0.25) is 0 Å². The molecule has 0 saturated carbocycles. The Bertz CT molecular complexity index is 836. The number of hydrogen-bond donors (Lipinski definition) is 1. The van der Waals surface area contributed by atoms with Gasteiger partial charge < -0.3 is 5.32 Å². The Hall–Kier alpha value is -2.20. The van der Waals surface area contributed by atoms with Crippen LogP contribution in [-0.2, 0) is 12.8 Å². The highest BCUT2D eigenvalue weighted by Gasteiger charge is 2.28. The van der Waals surface area contributed by atoms with Gasteiger partial charge in [0.05, 0.1) is 0 Å². The molecular weight excluding hydrogens is 284 g/mol. The molecule has 2 atom stereocenters. The lowest BCUT2D eigenvalue weighted by molar-refractivity contribution is 0.417. The fourth-order valence-electron chi connectivity index (χ4n) is 3.67. The third-order valence-corrected chi connectivity index (χ3v) is 4.84. The van der Waals surface area contributed by atoms with Gasteiger partial charge in [-0.2, -0.15) is 0 Å². The normalized spacial score (nSPS) is 20.1. The minimum absolute atomic E-state index is 0.448. The summed E-state index contributed by atoms with van der Waals surface area (Å²) in [5.74, 6) is 1.66. The third kappa shape index (κ3) is 2.63. The van der Waals surface area contributed by atoms with Gasteiger partial charge in [-0.15, -0.1) is 10.2 Å². The van der Waals surface area contributed by atoms with Gasteiger partial charge in [-0.25, -0.2) is 0 Å². The molecule has 4 nitrogen and oxygen atoms in total. The van der Waals surface area contributed by atoms with Gasteiger partial charge in [0.25, 0.3) is 0 Å². The van der Waals surface area contributed by atoms with Crippen LogP contribution in [0.15, 0.2) is 42.6 Å². The molecule has 0 bridgehead atoms. The van der Waals surface area contributed by atoms with Crippen LogP contribution in [0.2, 0.25) is 0 Å². The fourth-order valence-corrected chi connectivity index (χ4v) is 3.67. The van der Waals surface area contributed by atoms with Crippen LogP contribution >= 0.6 is 0 Å². The van der Waals surface area contributed by atoms with Crippen LogP contribution in [0.4, 0.5) is 0 Å². The minimum Gasteiger partial charge on any atom is -0.309 e. The lowest BCUT2D eigenvalue weighted by Gasteiger charge is -2.19. The Balaban J connectivity index is 1.47. The first kappa shape index (κ1) is 14.4. The first-order valence-electron chi connectivity index (χ1n) is 8.34. The maximum Gasteiger partial charge on any atom is 0.160 e. The lowest BCUT2D eigenvalue weighted by Crippen LogP contribution is -2.26. The zero-order valence-electron chi connectivity index (χ0n) is 13.7. The lowest BCUT2D eigenvalue weighted by atomic mass is 10.0. The molecule has 0 spiro atoms. The van der Waals surface area contributed by atoms with Gasteiger partial charge in [-0.3, -0.25) is 4.40 Å². The number of benzene rings is 1. The molecule has 3 aromatic rings. The molecule has 0 unspecified atom stereocenters. The number of rotatable bonds is 4. The van der Waals surface area contributed by atoms with Crippen LogP contribution in [0, 0.1) is 12.8 Å². The second kappa shape index (κ2) is 5.78. The standard InChI is InChI=1S/C19H22N4/c1-13-6-7-15-12-14(2)19(16(15)11-13)20-9-8-18-22-21-17-5-3-4-10-23(17)18/h3-7,10-11,14,19-20H,8-9,12H2,1-2H3/t14-,19+/m1/s1. The topological polar surface area (TPSA) is 42.2 Å². The maximum atomic E-state index is 4.31. The van der Waals surface area contributed by atoms with E-state index >= 15 is 0 Å². The van der Waals surface area contributed by atoms with E-state index in [0.717, 1.165) is 24.4 Å². The number of fused-ring (bicyclic) bond motifs is 2. The number of pyridine rings is 1. The van der Waals surface area contributed by atoms with Crippen molar-refractivity contribution in [2.45, 2.75) is 32.7 Å². The van der Waals surface area contributed by atoms with Crippen LogP contribution in [0.5, 0.6) is 0 Å². The average molecular weight is 306 g/mol. The summed E-state index contributed by atoms with van der Waals surface area (Å²) in [5, 5.41) is 12.3. The summed E-state index contributed by atoms with van der Waals surface area (Å²) in [5.41, 5.74) is 5.22. The van der Waals surface area contributed by atoms with Crippen LogP contribution in [0.1, 0.15) is 35.5 Å². The predicted octanol–water partition coefficient (Wildman–Crippen LogP) is 3.10. The van der Waals surface area contributed by atoms with Gasteiger partial charge >= 0.3 is 0 Å². The molecule has 0 amide bonds. The Morgan fingerprint density at radius 1 is 1.22 bits per heavy atom. The number of aryl methyl sites for hydroxylation is 1. The molecule has 118 valence electrons. The van der Waals surface area contributed by atoms with Crippen LogP contribution < -0.4 is 5.32 Å². The molecule has 0 fully saturated rings. The van der Waals surface area contributed by atoms with Crippen molar-refractivity contribution in [2.75, 3.05) is 6.54 Å². The van der Waals surface area contributed by atoms with Crippen LogP contribution in [0.25, 0.3) is 5.65 Å². The molecule has 0 radical (unpaired) electrons. The molecule has 4 rings (SSSR count). The van der Waals surface area contributed by atoms with Crippen molar-refractivity contribution in [3.63, 3.8) is 0 Å². The molecule has 23 heavy (non-hydrogen) atoms. The summed E-state index contributed by atoms with van der Waals surface area (Å²) in [6.07, 6.45) is 4.08. The van der Waals surface area contributed by atoms with Gasteiger partial charge in [0.1, 0.15) is 5.82 Å². The van der Waals surface area contributed by atoms with Crippen molar-refractivity contribution in [3.05, 3.63) is 65.1 Å². The summed E-state index contributed by atoms with van der Waals surface area (Å²) < 4.78 is 2.07. The van der Waals surface area contributed by atoms with Crippen molar-refractivity contribution in [1.82, 2.24) is 19.9 Å². The van der Waals surface area contributed by atoms with Crippen molar-refractivity contribution in [1.29, 1.82) is 0 Å². The van der Waals surface area contributed by atoms with Crippen molar-refractivity contribution in [3.8, 4) is 0 Å². The van der Waals surface area contributed by atoms with Crippen LogP contribution in [0.3, 0.4) is 0 Å². The third-order valence-electron chi connectivity index (χ3n) is 4.84. The smallest absolute Gasteiger partial charge is 0.160 e. The molecule has 1 aliphatic rings. The predicted molar refractivity (Wildman–Crippen MR) is 91.5 cm³/mol. The Morgan fingerprint density at radius 2 is 2.13 bits per heavy atom. The van der Waals surface area contributed by atoms with E-state index in [1.165, 1.54) is 23.1 Å². The van der Waals surface area contributed by atoms with E-state index in [1.807, 2.05) is 24.4 Å². The quantitative estimate of drug-likeness (QED) is 0.805. The average Bonchev–Trinajstić information content (AvgIpc) is 3.09. The number of nitrogens with one attached hydrogen (secondary N) is 1. The van der Waals surface area contributed by atoms with Crippen LogP contribution in [-0.4, -0.2) is 21.1 Å². The Kier molecular flexibility index (Phi) is 3.62. The van der Waals surface area contributed by atoms with Gasteiger partial charge in [-0.1, -0.05) is 36.8 Å². The highest BCUT2D eigenvalue weighted by atomic mass is 15.2. The Morgan fingerprint density at radius 3 is 3.04 bits per heavy atom. The van der Waals surface area contributed by atoms with Gasteiger partial charge in [0, 0.05) is 25.2 Å². The van der Waals surface area contributed by atoms with Crippen molar-refractivity contribution >= 4 is 5.65 Å². The van der Waals surface area contributed by atoms with E-state index in [2.05, 4.69) is 52.0 Å². The first-order chi connectivity index (χ1) is 11.2. The summed E-state index contributed by atoms with van der Waals surface area (Å²) >= 11 is 0. The second-order valence-corrected chi connectivity index (χ2v) is 6.61. The molecule has 0 saturated heterocycles. The number of hydrogen-bond acceptors (Lipinski definition) is 3. The van der Waals surface area contributed by atoms with E-state index in [-0.39, 0.29) is 0 Å². The van der Waals surface area contributed by atoms with E-state index in [9.17, 15) is 0 Å². The summed E-state index contributed by atoms with van der Waals surface area (Å²) in [6, 6.07) is 13.3. The van der Waals surface area contributed by atoms with Gasteiger partial charge in [0.15, 0.2) is 5.65 Å². The molecular formula is C19H22N4. The minimum atomic E-state index is 0.448.